The molecule has 1 saturated carbocycles. The first kappa shape index (κ1) is 24.0. The predicted octanol–water partition coefficient (Wildman–Crippen LogP) is 3.50. The molecule has 36 heavy (non-hydrogen) atoms. The van der Waals surface area contributed by atoms with E-state index in [9.17, 15) is 4.79 Å². The second-order valence-corrected chi connectivity index (χ2v) is 9.37. The van der Waals surface area contributed by atoms with E-state index in [0.717, 1.165) is 68.8 Å². The average Bonchev–Trinajstić information content (AvgIpc) is 2.91. The number of carbonyl (C=O) groups is 1. The second-order valence-electron chi connectivity index (χ2n) is 9.37. The smallest absolute Gasteiger partial charge is 0.254 e. The first-order valence-electron chi connectivity index (χ1n) is 12.6. The summed E-state index contributed by atoms with van der Waals surface area (Å²) in [7, 11) is 0. The Labute approximate surface area is 211 Å². The average molecular weight is 488 g/mol. The fraction of sp³-hybridized carbons (Fsp3) is 0.370. The molecule has 2 atom stereocenters. The van der Waals surface area contributed by atoms with Gasteiger partial charge in [0, 0.05) is 42.7 Å². The maximum absolute atomic E-state index is 12.0. The molecule has 0 radical (unpaired) electrons. The van der Waals surface area contributed by atoms with Crippen LogP contribution >= 0.6 is 0 Å². The highest BCUT2D eigenvalue weighted by molar-refractivity contribution is 5.98. The van der Waals surface area contributed by atoms with E-state index in [4.69, 9.17) is 16.2 Å². The summed E-state index contributed by atoms with van der Waals surface area (Å²) >= 11 is 0. The van der Waals surface area contributed by atoms with E-state index >= 15 is 0 Å². The minimum atomic E-state index is -0.588. The lowest BCUT2D eigenvalue weighted by Crippen LogP contribution is -2.43. The fourth-order valence-electron chi connectivity index (χ4n) is 4.82. The van der Waals surface area contributed by atoms with Gasteiger partial charge in [-0.25, -0.2) is 4.98 Å². The van der Waals surface area contributed by atoms with Gasteiger partial charge in [0.25, 0.3) is 5.91 Å². The first-order chi connectivity index (χ1) is 17.6. The Balaban J connectivity index is 1.33. The minimum Gasteiger partial charge on any atom is -0.378 e. The number of anilines is 4. The van der Waals surface area contributed by atoms with E-state index in [1.165, 1.54) is 11.9 Å². The number of amides is 1. The molecule has 2 aliphatic rings. The molecule has 1 aliphatic heterocycles. The molecule has 9 heteroatoms. The lowest BCUT2D eigenvalue weighted by atomic mass is 9.91. The van der Waals surface area contributed by atoms with Crippen LogP contribution in [-0.2, 0) is 4.74 Å². The standard InChI is InChI=1S/C27H33N7O2/c28-23-6-1-2-7-24(23)32-27-30-17-22(25(29)35)26(33-27)31-20-10-8-18(9-11-20)19-4-3-5-21(16-19)34-12-14-36-15-13-34/h3-5,8-11,16-17,23-24H,1-2,6-7,12-15,28H2,(H2,29,35)(H2,30,31,32,33)/t23-,24+/m0/s1. The summed E-state index contributed by atoms with van der Waals surface area (Å²) in [6.45, 7) is 3.31. The molecule has 1 saturated heterocycles. The Hall–Kier alpha value is -3.69. The monoisotopic (exact) mass is 487 g/mol. The van der Waals surface area contributed by atoms with Crippen LogP contribution in [0.25, 0.3) is 11.1 Å². The number of hydrogen-bond acceptors (Lipinski definition) is 8. The molecular formula is C27H33N7O2. The Morgan fingerprint density at radius 2 is 1.81 bits per heavy atom. The molecule has 3 aromatic rings. The molecule has 9 nitrogen and oxygen atoms in total. The summed E-state index contributed by atoms with van der Waals surface area (Å²) in [6.07, 6.45) is 5.67. The third-order valence-corrected chi connectivity index (χ3v) is 6.89. The molecule has 188 valence electrons. The molecule has 5 rings (SSSR count). The van der Waals surface area contributed by atoms with Gasteiger partial charge in [0.15, 0.2) is 0 Å². The number of hydrogen-bond donors (Lipinski definition) is 4. The highest BCUT2D eigenvalue weighted by Gasteiger charge is 2.23. The number of nitrogens with two attached hydrogens (primary N) is 2. The van der Waals surface area contributed by atoms with Gasteiger partial charge in [-0.15, -0.1) is 0 Å². The zero-order valence-corrected chi connectivity index (χ0v) is 20.3. The second kappa shape index (κ2) is 10.9. The van der Waals surface area contributed by atoms with Gasteiger partial charge in [-0.1, -0.05) is 37.1 Å². The van der Waals surface area contributed by atoms with E-state index in [1.54, 1.807) is 0 Å². The number of primary amides is 1. The van der Waals surface area contributed by atoms with Crippen LogP contribution in [0.15, 0.2) is 54.7 Å². The van der Waals surface area contributed by atoms with Crippen LogP contribution in [-0.4, -0.2) is 54.3 Å². The molecule has 1 amide bonds. The zero-order valence-electron chi connectivity index (χ0n) is 20.3. The van der Waals surface area contributed by atoms with Crippen LogP contribution < -0.4 is 27.0 Å². The summed E-state index contributed by atoms with van der Waals surface area (Å²) < 4.78 is 5.48. The maximum atomic E-state index is 12.0. The van der Waals surface area contributed by atoms with Crippen molar-refractivity contribution in [1.82, 2.24) is 9.97 Å². The van der Waals surface area contributed by atoms with Crippen LogP contribution in [0.5, 0.6) is 0 Å². The summed E-state index contributed by atoms with van der Waals surface area (Å²) in [4.78, 5) is 23.2. The van der Waals surface area contributed by atoms with Gasteiger partial charge in [-0.05, 0) is 48.2 Å². The van der Waals surface area contributed by atoms with Gasteiger partial charge in [0.1, 0.15) is 11.4 Å². The van der Waals surface area contributed by atoms with Crippen molar-refractivity contribution in [3.63, 3.8) is 0 Å². The molecular weight excluding hydrogens is 454 g/mol. The number of benzene rings is 2. The lowest BCUT2D eigenvalue weighted by molar-refractivity contribution is 0.100. The highest BCUT2D eigenvalue weighted by Crippen LogP contribution is 2.28. The molecule has 1 aromatic heterocycles. The molecule has 0 spiro atoms. The number of morpholine rings is 1. The summed E-state index contributed by atoms with van der Waals surface area (Å²) in [5, 5.41) is 6.57. The largest absolute Gasteiger partial charge is 0.378 e. The molecule has 6 N–H and O–H groups in total. The Kier molecular flexibility index (Phi) is 7.29. The lowest BCUT2D eigenvalue weighted by Gasteiger charge is -2.29. The molecule has 0 bridgehead atoms. The van der Waals surface area contributed by atoms with Crippen LogP contribution in [0.2, 0.25) is 0 Å². The minimum absolute atomic E-state index is 0.0591. The van der Waals surface area contributed by atoms with Gasteiger partial charge in [-0.2, -0.15) is 4.98 Å². The van der Waals surface area contributed by atoms with Crippen molar-refractivity contribution >= 4 is 29.0 Å². The third-order valence-electron chi connectivity index (χ3n) is 6.89. The summed E-state index contributed by atoms with van der Waals surface area (Å²) in [5.74, 6) is 0.211. The van der Waals surface area contributed by atoms with E-state index < -0.39 is 5.91 Å². The summed E-state index contributed by atoms with van der Waals surface area (Å²) in [6, 6.07) is 16.7. The number of nitrogens with one attached hydrogen (secondary N) is 2. The van der Waals surface area contributed by atoms with E-state index in [2.05, 4.69) is 49.8 Å². The van der Waals surface area contributed by atoms with Gasteiger partial charge >= 0.3 is 0 Å². The summed E-state index contributed by atoms with van der Waals surface area (Å²) in [5.41, 5.74) is 16.3. The predicted molar refractivity (Wildman–Crippen MR) is 143 cm³/mol. The Morgan fingerprint density at radius 3 is 2.56 bits per heavy atom. The van der Waals surface area contributed by atoms with Gasteiger partial charge in [-0.3, -0.25) is 4.79 Å². The normalized spacial score (nSPS) is 20.1. The quantitative estimate of drug-likeness (QED) is 0.398. The molecule has 2 aromatic carbocycles. The number of ether oxygens (including phenoxy) is 1. The topological polar surface area (TPSA) is 131 Å². The van der Waals surface area contributed by atoms with Crippen LogP contribution in [0, 0.1) is 0 Å². The zero-order chi connectivity index (χ0) is 24.9. The number of nitrogens with zero attached hydrogens (tertiary/aromatic N) is 3. The van der Waals surface area contributed by atoms with Crippen molar-refractivity contribution in [3.8, 4) is 11.1 Å². The first-order valence-corrected chi connectivity index (χ1v) is 12.6. The molecule has 2 fully saturated rings. The number of aromatic nitrogens is 2. The van der Waals surface area contributed by atoms with Crippen LogP contribution in [0.4, 0.5) is 23.1 Å². The van der Waals surface area contributed by atoms with Crippen molar-refractivity contribution < 1.29 is 9.53 Å². The van der Waals surface area contributed by atoms with Gasteiger partial charge in [0.2, 0.25) is 5.95 Å². The van der Waals surface area contributed by atoms with E-state index in [1.807, 2.05) is 24.3 Å². The molecule has 0 unspecified atom stereocenters. The van der Waals surface area contributed by atoms with Gasteiger partial charge < -0.3 is 31.7 Å². The van der Waals surface area contributed by atoms with Crippen molar-refractivity contribution in [1.29, 1.82) is 0 Å². The fourth-order valence-corrected chi connectivity index (χ4v) is 4.82. The Morgan fingerprint density at radius 1 is 1.03 bits per heavy atom. The SMILES string of the molecule is NC(=O)c1cnc(N[C@@H]2CCCC[C@@H]2N)nc1Nc1ccc(-c2cccc(N3CCOCC3)c2)cc1. The Bertz CT molecular complexity index is 1190. The van der Waals surface area contributed by atoms with Crippen molar-refractivity contribution in [2.75, 3.05) is 41.8 Å². The third kappa shape index (κ3) is 5.58. The molecule has 1 aliphatic carbocycles. The number of carbonyl (C=O) groups excluding carboxylic acids is 1. The van der Waals surface area contributed by atoms with Crippen molar-refractivity contribution in [2.24, 2.45) is 11.5 Å². The highest BCUT2D eigenvalue weighted by atomic mass is 16.5. The van der Waals surface area contributed by atoms with E-state index in [-0.39, 0.29) is 17.6 Å². The van der Waals surface area contributed by atoms with Crippen molar-refractivity contribution in [3.05, 3.63) is 60.3 Å². The molecule has 2 heterocycles. The van der Waals surface area contributed by atoms with Crippen LogP contribution in [0.1, 0.15) is 36.0 Å². The van der Waals surface area contributed by atoms with Crippen molar-refractivity contribution in [2.45, 2.75) is 37.8 Å². The number of rotatable bonds is 7. The van der Waals surface area contributed by atoms with Crippen LogP contribution in [0.3, 0.4) is 0 Å². The maximum Gasteiger partial charge on any atom is 0.254 e. The van der Waals surface area contributed by atoms with E-state index in [0.29, 0.717) is 11.8 Å². The van der Waals surface area contributed by atoms with Gasteiger partial charge in [0.05, 0.1) is 13.2 Å².